The molecule has 4 nitrogen and oxygen atoms in total. The van der Waals surface area contributed by atoms with Crippen LogP contribution in [0.25, 0.3) is 31.6 Å². The van der Waals surface area contributed by atoms with Crippen LogP contribution in [0.1, 0.15) is 34.0 Å². The van der Waals surface area contributed by atoms with Crippen molar-refractivity contribution in [3.05, 3.63) is 95.1 Å². The lowest BCUT2D eigenvalue weighted by molar-refractivity contribution is 0.0602. The van der Waals surface area contributed by atoms with Crippen LogP contribution in [0, 0.1) is 6.92 Å². The molecule has 2 aromatic heterocycles. The number of methoxy groups -OCH3 is 1. The van der Waals surface area contributed by atoms with Gasteiger partial charge in [0, 0.05) is 4.70 Å². The standard InChI is InChI=1S/C29H25NO3S/c1-4-20-14-15-24(33-17-19-10-6-5-7-11-19)26-22(29(31)32-3)16-23(30-27(20)26)28-18(2)21-12-8-9-13-25(21)34-28/h5-16H,4,17H2,1-3H3. The van der Waals surface area contributed by atoms with Gasteiger partial charge in [0.2, 0.25) is 0 Å². The summed E-state index contributed by atoms with van der Waals surface area (Å²) in [6.07, 6.45) is 0.790. The van der Waals surface area contributed by atoms with E-state index in [1.807, 2.05) is 60.7 Å². The molecule has 0 atom stereocenters. The molecule has 0 saturated carbocycles. The Labute approximate surface area is 202 Å². The van der Waals surface area contributed by atoms with E-state index in [2.05, 4.69) is 26.0 Å². The molecule has 0 unspecified atom stereocenters. The molecule has 0 aliphatic heterocycles. The predicted octanol–water partition coefficient (Wildman–Crippen LogP) is 7.35. The van der Waals surface area contributed by atoms with Gasteiger partial charge < -0.3 is 9.47 Å². The molecule has 3 aromatic carbocycles. The van der Waals surface area contributed by atoms with Crippen LogP contribution in [0.15, 0.2) is 72.8 Å². The van der Waals surface area contributed by atoms with Gasteiger partial charge in [-0.15, -0.1) is 11.3 Å². The maximum atomic E-state index is 13.0. The molecule has 5 aromatic rings. The van der Waals surface area contributed by atoms with E-state index < -0.39 is 5.97 Å². The number of hydrogen-bond acceptors (Lipinski definition) is 5. The zero-order valence-corrected chi connectivity index (χ0v) is 20.2. The first-order valence-corrected chi connectivity index (χ1v) is 12.1. The molecule has 0 spiro atoms. The van der Waals surface area contributed by atoms with Crippen molar-refractivity contribution in [2.24, 2.45) is 0 Å². The van der Waals surface area contributed by atoms with Crippen molar-refractivity contribution in [1.82, 2.24) is 4.98 Å². The van der Waals surface area contributed by atoms with Gasteiger partial charge in [-0.3, -0.25) is 0 Å². The highest BCUT2D eigenvalue weighted by Crippen LogP contribution is 2.40. The molecule has 0 aliphatic rings. The second-order valence-electron chi connectivity index (χ2n) is 8.17. The Morgan fingerprint density at radius 3 is 2.50 bits per heavy atom. The molecule has 5 rings (SSSR count). The average Bonchev–Trinajstić information content (AvgIpc) is 3.23. The summed E-state index contributed by atoms with van der Waals surface area (Å²) in [6, 6.07) is 24.1. The van der Waals surface area contributed by atoms with Gasteiger partial charge in [0.05, 0.1) is 34.1 Å². The molecule has 170 valence electrons. The Hall–Kier alpha value is -3.70. The fraction of sp³-hybridized carbons (Fsp3) is 0.172. The monoisotopic (exact) mass is 467 g/mol. The van der Waals surface area contributed by atoms with E-state index in [4.69, 9.17) is 14.5 Å². The Morgan fingerprint density at radius 2 is 1.76 bits per heavy atom. The summed E-state index contributed by atoms with van der Waals surface area (Å²) >= 11 is 1.69. The summed E-state index contributed by atoms with van der Waals surface area (Å²) in [5.74, 6) is 0.230. The highest BCUT2D eigenvalue weighted by molar-refractivity contribution is 7.22. The molecular formula is C29H25NO3S. The Balaban J connectivity index is 1.72. The topological polar surface area (TPSA) is 48.4 Å². The summed E-state index contributed by atoms with van der Waals surface area (Å²) in [5.41, 5.74) is 5.31. The molecule has 0 aliphatic carbocycles. The van der Waals surface area contributed by atoms with E-state index in [9.17, 15) is 4.79 Å². The van der Waals surface area contributed by atoms with Gasteiger partial charge in [-0.25, -0.2) is 9.78 Å². The van der Waals surface area contributed by atoms with Crippen LogP contribution in [0.5, 0.6) is 5.75 Å². The van der Waals surface area contributed by atoms with E-state index in [-0.39, 0.29) is 0 Å². The average molecular weight is 468 g/mol. The number of thiophene rings is 1. The van der Waals surface area contributed by atoms with Gasteiger partial charge in [0.15, 0.2) is 0 Å². The Bertz CT molecular complexity index is 1500. The molecule has 34 heavy (non-hydrogen) atoms. The molecule has 0 radical (unpaired) electrons. The van der Waals surface area contributed by atoms with Gasteiger partial charge in [0.1, 0.15) is 12.4 Å². The number of pyridine rings is 1. The van der Waals surface area contributed by atoms with Gasteiger partial charge >= 0.3 is 5.97 Å². The number of carbonyl (C=O) groups is 1. The Morgan fingerprint density at radius 1 is 1.00 bits per heavy atom. The summed E-state index contributed by atoms with van der Waals surface area (Å²) < 4.78 is 12.6. The van der Waals surface area contributed by atoms with Crippen molar-refractivity contribution in [2.75, 3.05) is 7.11 Å². The van der Waals surface area contributed by atoms with Crippen LogP contribution in [0.2, 0.25) is 0 Å². The van der Waals surface area contributed by atoms with Crippen LogP contribution < -0.4 is 4.74 Å². The van der Waals surface area contributed by atoms with Crippen molar-refractivity contribution in [2.45, 2.75) is 26.9 Å². The van der Waals surface area contributed by atoms with Crippen molar-refractivity contribution in [1.29, 1.82) is 0 Å². The van der Waals surface area contributed by atoms with E-state index in [1.165, 1.54) is 17.2 Å². The summed E-state index contributed by atoms with van der Waals surface area (Å²) in [5, 5.41) is 1.91. The molecular weight excluding hydrogens is 442 g/mol. The lowest BCUT2D eigenvalue weighted by Crippen LogP contribution is -2.07. The predicted molar refractivity (Wildman–Crippen MR) is 139 cm³/mol. The molecule has 0 amide bonds. The zero-order valence-electron chi connectivity index (χ0n) is 19.4. The van der Waals surface area contributed by atoms with E-state index in [0.717, 1.165) is 39.2 Å². The van der Waals surface area contributed by atoms with Crippen LogP contribution in [-0.2, 0) is 17.8 Å². The minimum absolute atomic E-state index is 0.398. The van der Waals surface area contributed by atoms with Crippen molar-refractivity contribution in [3.8, 4) is 16.3 Å². The van der Waals surface area contributed by atoms with Crippen molar-refractivity contribution < 1.29 is 14.3 Å². The first-order chi connectivity index (χ1) is 16.6. The van der Waals surface area contributed by atoms with E-state index >= 15 is 0 Å². The maximum Gasteiger partial charge on any atom is 0.338 e. The van der Waals surface area contributed by atoms with Crippen LogP contribution >= 0.6 is 11.3 Å². The summed E-state index contributed by atoms with van der Waals surface area (Å²) in [7, 11) is 1.41. The van der Waals surface area contributed by atoms with E-state index in [0.29, 0.717) is 23.3 Å². The third kappa shape index (κ3) is 3.93. The lowest BCUT2D eigenvalue weighted by atomic mass is 10.00. The second kappa shape index (κ2) is 9.27. The van der Waals surface area contributed by atoms with Crippen molar-refractivity contribution >= 4 is 38.3 Å². The minimum atomic E-state index is -0.398. The second-order valence-corrected chi connectivity index (χ2v) is 9.23. The number of hydrogen-bond donors (Lipinski definition) is 0. The molecule has 5 heteroatoms. The normalized spacial score (nSPS) is 11.1. The number of benzene rings is 3. The van der Waals surface area contributed by atoms with Gasteiger partial charge in [-0.05, 0) is 53.6 Å². The van der Waals surface area contributed by atoms with Crippen molar-refractivity contribution in [3.63, 3.8) is 0 Å². The van der Waals surface area contributed by atoms with Crippen LogP contribution in [0.4, 0.5) is 0 Å². The minimum Gasteiger partial charge on any atom is -0.488 e. The van der Waals surface area contributed by atoms with Crippen LogP contribution in [-0.4, -0.2) is 18.1 Å². The molecule has 0 fully saturated rings. The quantitative estimate of drug-likeness (QED) is 0.245. The molecule has 0 saturated heterocycles. The summed E-state index contributed by atoms with van der Waals surface area (Å²) in [6.45, 7) is 4.60. The maximum absolute atomic E-state index is 13.0. The Kier molecular flexibility index (Phi) is 6.03. The SMILES string of the molecule is CCc1ccc(OCc2ccccc2)c2c(C(=O)OC)cc(-c3sc4ccccc4c3C)nc12. The molecule has 0 N–H and O–H groups in total. The van der Waals surface area contributed by atoms with Gasteiger partial charge in [-0.2, -0.15) is 0 Å². The number of aromatic nitrogens is 1. The lowest BCUT2D eigenvalue weighted by Gasteiger charge is -2.16. The number of ether oxygens (including phenoxy) is 2. The summed E-state index contributed by atoms with van der Waals surface area (Å²) in [4.78, 5) is 19.1. The molecule has 0 bridgehead atoms. The third-order valence-corrected chi connectivity index (χ3v) is 7.40. The number of nitrogens with zero attached hydrogens (tertiary/aromatic N) is 1. The number of esters is 1. The van der Waals surface area contributed by atoms with Crippen LogP contribution in [0.3, 0.4) is 0 Å². The van der Waals surface area contributed by atoms with E-state index in [1.54, 1.807) is 11.3 Å². The third-order valence-electron chi connectivity index (χ3n) is 6.11. The fourth-order valence-corrected chi connectivity index (χ4v) is 5.48. The van der Waals surface area contributed by atoms with Gasteiger partial charge in [0.25, 0.3) is 0 Å². The molecule has 2 heterocycles. The van der Waals surface area contributed by atoms with Gasteiger partial charge in [-0.1, -0.05) is 61.5 Å². The zero-order chi connectivity index (χ0) is 23.7. The first kappa shape index (κ1) is 22.1. The highest BCUT2D eigenvalue weighted by Gasteiger charge is 2.22. The largest absolute Gasteiger partial charge is 0.488 e. The number of aryl methyl sites for hydroxylation is 2. The number of carbonyl (C=O) groups excluding carboxylic acids is 1. The highest BCUT2D eigenvalue weighted by atomic mass is 32.1. The first-order valence-electron chi connectivity index (χ1n) is 11.3. The fourth-order valence-electron chi connectivity index (χ4n) is 4.31. The number of rotatable bonds is 6. The smallest absolute Gasteiger partial charge is 0.338 e. The number of fused-ring (bicyclic) bond motifs is 2.